The molecule has 114 valence electrons. The molecule has 0 aromatic rings. The van der Waals surface area contributed by atoms with Crippen molar-refractivity contribution in [2.75, 3.05) is 26.2 Å². The molecule has 0 aromatic carbocycles. The van der Waals surface area contributed by atoms with Gasteiger partial charge in [-0.3, -0.25) is 4.79 Å². The van der Waals surface area contributed by atoms with E-state index < -0.39 is 13.2 Å². The lowest BCUT2D eigenvalue weighted by molar-refractivity contribution is -0.132. The van der Waals surface area contributed by atoms with Gasteiger partial charge in [-0.2, -0.15) is 0 Å². The van der Waals surface area contributed by atoms with Crippen molar-refractivity contribution >= 4 is 13.0 Å². The van der Waals surface area contributed by atoms with Crippen LogP contribution in [0.15, 0.2) is 0 Å². The fraction of sp³-hybridized carbons (Fsp3) is 0.917. The number of aliphatic hydroxyl groups is 1. The molecular weight excluding hydrogens is 261 g/mol. The van der Waals surface area contributed by atoms with Gasteiger partial charge in [0, 0.05) is 24.5 Å². The van der Waals surface area contributed by atoms with Crippen LogP contribution in [0.25, 0.3) is 0 Å². The molecule has 0 bridgehead atoms. The normalized spacial score (nSPS) is 30.4. The number of nitrogens with two attached hydrogens (primary N) is 1. The van der Waals surface area contributed by atoms with E-state index in [0.717, 1.165) is 25.8 Å². The van der Waals surface area contributed by atoms with Gasteiger partial charge in [0.05, 0.1) is 6.61 Å². The predicted octanol–water partition coefficient (Wildman–Crippen LogP) is -2.25. The summed E-state index contributed by atoms with van der Waals surface area (Å²) in [5.74, 6) is -0.203. The fourth-order valence-corrected chi connectivity index (χ4v) is 3.49. The Morgan fingerprint density at radius 1 is 1.55 bits per heavy atom. The van der Waals surface area contributed by atoms with E-state index in [2.05, 4.69) is 5.32 Å². The maximum atomic E-state index is 12.1. The average molecular weight is 285 g/mol. The number of nitrogens with one attached hydrogen (secondary N) is 1. The maximum Gasteiger partial charge on any atom is 0.451 e. The Morgan fingerprint density at radius 2 is 2.30 bits per heavy atom. The quantitative estimate of drug-likeness (QED) is 0.352. The highest BCUT2D eigenvalue weighted by molar-refractivity contribution is 6.40. The number of hydrogen-bond donors (Lipinski definition) is 5. The molecule has 2 fully saturated rings. The van der Waals surface area contributed by atoms with Gasteiger partial charge in [-0.1, -0.05) is 6.42 Å². The molecule has 2 saturated heterocycles. The van der Waals surface area contributed by atoms with Gasteiger partial charge < -0.3 is 31.1 Å². The summed E-state index contributed by atoms with van der Waals surface area (Å²) in [6.07, 6.45) is 2.93. The van der Waals surface area contributed by atoms with E-state index in [-0.39, 0.29) is 24.0 Å². The highest BCUT2D eigenvalue weighted by Crippen LogP contribution is 2.42. The van der Waals surface area contributed by atoms with Gasteiger partial charge in [-0.15, -0.1) is 0 Å². The van der Waals surface area contributed by atoms with Crippen LogP contribution in [0.5, 0.6) is 0 Å². The second-order valence-electron chi connectivity index (χ2n) is 6.00. The van der Waals surface area contributed by atoms with E-state index in [4.69, 9.17) is 20.9 Å². The van der Waals surface area contributed by atoms with E-state index >= 15 is 0 Å². The molecule has 6 N–H and O–H groups in total. The van der Waals surface area contributed by atoms with Gasteiger partial charge >= 0.3 is 7.12 Å². The predicted molar refractivity (Wildman–Crippen MR) is 74.7 cm³/mol. The summed E-state index contributed by atoms with van der Waals surface area (Å²) in [6.45, 7) is 1.85. The molecule has 3 atom stereocenters. The topological polar surface area (TPSA) is 119 Å². The van der Waals surface area contributed by atoms with Crippen LogP contribution in [0.3, 0.4) is 0 Å². The van der Waals surface area contributed by atoms with E-state index in [1.807, 2.05) is 0 Å². The van der Waals surface area contributed by atoms with Crippen LogP contribution in [-0.4, -0.2) is 71.4 Å². The lowest BCUT2D eigenvalue weighted by Gasteiger charge is -2.28. The van der Waals surface area contributed by atoms with E-state index in [9.17, 15) is 4.79 Å². The second kappa shape index (κ2) is 6.40. The summed E-state index contributed by atoms with van der Waals surface area (Å²) >= 11 is 0. The number of hydrogen-bond acceptors (Lipinski definition) is 6. The number of carbonyl (C=O) groups excluding carboxylic acids is 1. The van der Waals surface area contributed by atoms with Crippen molar-refractivity contribution in [2.45, 2.75) is 37.7 Å². The standard InChI is InChI=1S/C12H24BN3O4/c14-9(7-17)11(18)16-6-10-12(8-16,3-5-15-10)2-1-4-13(19)20/h9-10,15,17,19-20H,1-8,14H2/t9-,10-,12+/m0/s1. The first-order valence-electron chi connectivity index (χ1n) is 7.23. The highest BCUT2D eigenvalue weighted by Gasteiger charge is 2.50. The first kappa shape index (κ1) is 15.7. The zero-order valence-electron chi connectivity index (χ0n) is 11.7. The van der Waals surface area contributed by atoms with Crippen LogP contribution in [-0.2, 0) is 4.79 Å². The maximum absolute atomic E-state index is 12.1. The Morgan fingerprint density at radius 3 is 2.95 bits per heavy atom. The molecule has 0 radical (unpaired) electrons. The first-order chi connectivity index (χ1) is 9.48. The minimum Gasteiger partial charge on any atom is -0.427 e. The smallest absolute Gasteiger partial charge is 0.427 e. The van der Waals surface area contributed by atoms with Gasteiger partial charge in [-0.05, 0) is 25.7 Å². The van der Waals surface area contributed by atoms with Crippen molar-refractivity contribution in [3.63, 3.8) is 0 Å². The molecule has 0 unspecified atom stereocenters. The molecule has 0 saturated carbocycles. The summed E-state index contributed by atoms with van der Waals surface area (Å²) in [4.78, 5) is 13.8. The number of rotatable bonds is 6. The van der Waals surface area contributed by atoms with Crippen LogP contribution in [0.2, 0.25) is 6.32 Å². The van der Waals surface area contributed by atoms with Crippen molar-refractivity contribution < 1.29 is 19.9 Å². The summed E-state index contributed by atoms with van der Waals surface area (Å²) in [7, 11) is -1.26. The number of amides is 1. The molecule has 2 aliphatic heterocycles. The van der Waals surface area contributed by atoms with Crippen LogP contribution in [0.4, 0.5) is 0 Å². The molecule has 1 amide bonds. The van der Waals surface area contributed by atoms with Gasteiger partial charge in [0.15, 0.2) is 0 Å². The molecule has 0 aliphatic carbocycles. The van der Waals surface area contributed by atoms with Crippen LogP contribution in [0, 0.1) is 5.41 Å². The monoisotopic (exact) mass is 285 g/mol. The zero-order chi connectivity index (χ0) is 14.8. The summed E-state index contributed by atoms with van der Waals surface area (Å²) < 4.78 is 0. The molecule has 7 nitrogen and oxygen atoms in total. The molecule has 0 aromatic heterocycles. The molecule has 20 heavy (non-hydrogen) atoms. The fourth-order valence-electron chi connectivity index (χ4n) is 3.49. The summed E-state index contributed by atoms with van der Waals surface area (Å²) in [5.41, 5.74) is 5.62. The number of nitrogens with zero attached hydrogens (tertiary/aromatic N) is 1. The largest absolute Gasteiger partial charge is 0.451 e. The second-order valence-corrected chi connectivity index (χ2v) is 6.00. The molecule has 2 aliphatic rings. The Hall–Kier alpha value is -0.665. The number of aliphatic hydroxyl groups excluding tert-OH is 1. The van der Waals surface area contributed by atoms with Gasteiger partial charge in [0.2, 0.25) is 5.91 Å². The lowest BCUT2D eigenvalue weighted by Crippen LogP contribution is -2.46. The van der Waals surface area contributed by atoms with Gasteiger partial charge in [0.1, 0.15) is 6.04 Å². The Labute approximate surface area is 119 Å². The highest BCUT2D eigenvalue weighted by atomic mass is 16.4. The third kappa shape index (κ3) is 3.15. The molecule has 2 heterocycles. The molecular formula is C12H24BN3O4. The lowest BCUT2D eigenvalue weighted by atomic mass is 9.74. The van der Waals surface area contributed by atoms with Crippen LogP contribution < -0.4 is 11.1 Å². The number of fused-ring (bicyclic) bond motifs is 1. The number of carbonyl (C=O) groups is 1. The van der Waals surface area contributed by atoms with Crippen molar-refractivity contribution in [1.29, 1.82) is 0 Å². The van der Waals surface area contributed by atoms with E-state index in [1.54, 1.807) is 4.90 Å². The van der Waals surface area contributed by atoms with E-state index in [1.165, 1.54) is 0 Å². The minimum absolute atomic E-state index is 0.0136. The van der Waals surface area contributed by atoms with Crippen molar-refractivity contribution in [3.05, 3.63) is 0 Å². The first-order valence-corrected chi connectivity index (χ1v) is 7.23. The van der Waals surface area contributed by atoms with Crippen molar-refractivity contribution in [2.24, 2.45) is 11.1 Å². The van der Waals surface area contributed by atoms with Crippen molar-refractivity contribution in [3.8, 4) is 0 Å². The molecule has 0 spiro atoms. The number of likely N-dealkylation sites (tertiary alicyclic amines) is 1. The van der Waals surface area contributed by atoms with Crippen LogP contribution >= 0.6 is 0 Å². The van der Waals surface area contributed by atoms with Crippen LogP contribution in [0.1, 0.15) is 19.3 Å². The summed E-state index contributed by atoms with van der Waals surface area (Å²) in [5, 5.41) is 30.3. The molecule has 8 heteroatoms. The minimum atomic E-state index is -1.26. The Bertz CT molecular complexity index is 358. The van der Waals surface area contributed by atoms with Gasteiger partial charge in [0.25, 0.3) is 0 Å². The Balaban J connectivity index is 1.96. The molecule has 2 rings (SSSR count). The SMILES string of the molecule is N[C@@H](CO)C(=O)N1C[C@@H]2NCC[C@]2(CCCB(O)O)C1. The third-order valence-electron chi connectivity index (χ3n) is 4.62. The Kier molecular flexibility index (Phi) is 5.03. The third-order valence-corrected chi connectivity index (χ3v) is 4.62. The average Bonchev–Trinajstić information content (AvgIpc) is 2.93. The van der Waals surface area contributed by atoms with Gasteiger partial charge in [-0.25, -0.2) is 0 Å². The van der Waals surface area contributed by atoms with Crippen molar-refractivity contribution in [1.82, 2.24) is 10.2 Å². The zero-order valence-corrected chi connectivity index (χ0v) is 11.7. The summed E-state index contributed by atoms with van der Waals surface area (Å²) in [6, 6.07) is -0.599. The van der Waals surface area contributed by atoms with E-state index in [0.29, 0.717) is 19.4 Å².